The Hall–Kier alpha value is -3.16. The summed E-state index contributed by atoms with van der Waals surface area (Å²) < 4.78 is 10.3. The molecular weight excluding hydrogens is 322 g/mol. The van der Waals surface area contributed by atoms with E-state index in [1.54, 1.807) is 6.92 Å². The lowest BCUT2D eigenvalue weighted by molar-refractivity contribution is -0.115. The van der Waals surface area contributed by atoms with Crippen LogP contribution in [-0.2, 0) is 11.2 Å². The van der Waals surface area contributed by atoms with E-state index in [1.807, 2.05) is 25.1 Å². The summed E-state index contributed by atoms with van der Waals surface area (Å²) >= 11 is 0. The average molecular weight is 341 g/mol. The molecule has 25 heavy (non-hydrogen) atoms. The van der Waals surface area contributed by atoms with E-state index in [9.17, 15) is 4.79 Å². The van der Waals surface area contributed by atoms with Crippen molar-refractivity contribution in [2.75, 3.05) is 19.5 Å². The van der Waals surface area contributed by atoms with E-state index >= 15 is 0 Å². The van der Waals surface area contributed by atoms with Gasteiger partial charge in [-0.3, -0.25) is 4.79 Å². The van der Waals surface area contributed by atoms with Gasteiger partial charge in [0.25, 0.3) is 0 Å². The third-order valence-corrected chi connectivity index (χ3v) is 3.77. The number of fused-ring (bicyclic) bond motifs is 1. The molecule has 0 spiro atoms. The number of nitrogens with one attached hydrogen (secondary N) is 2. The minimum Gasteiger partial charge on any atom is -0.481 e. The number of methoxy groups -OCH3 is 2. The Morgan fingerprint density at radius 1 is 1.16 bits per heavy atom. The van der Waals surface area contributed by atoms with Gasteiger partial charge in [-0.05, 0) is 26.0 Å². The Balaban J connectivity index is 1.85. The average Bonchev–Trinajstić information content (AvgIpc) is 2.97. The lowest BCUT2D eigenvalue weighted by Gasteiger charge is -2.12. The van der Waals surface area contributed by atoms with Crippen molar-refractivity contribution in [3.05, 3.63) is 35.3 Å². The van der Waals surface area contributed by atoms with Gasteiger partial charge in [0.05, 0.1) is 37.5 Å². The van der Waals surface area contributed by atoms with Crippen LogP contribution in [0.3, 0.4) is 0 Å². The number of hydrogen-bond acceptors (Lipinski definition) is 6. The number of imidazole rings is 1. The fraction of sp³-hybridized carbons (Fsp3) is 0.294. The fourth-order valence-corrected chi connectivity index (χ4v) is 2.62. The van der Waals surface area contributed by atoms with Gasteiger partial charge < -0.3 is 19.8 Å². The molecule has 0 unspecified atom stereocenters. The van der Waals surface area contributed by atoms with Crippen molar-refractivity contribution in [3.8, 4) is 11.9 Å². The zero-order chi connectivity index (χ0) is 18.0. The van der Waals surface area contributed by atoms with Crippen molar-refractivity contribution >= 4 is 22.6 Å². The van der Waals surface area contributed by atoms with Crippen LogP contribution >= 0.6 is 0 Å². The van der Waals surface area contributed by atoms with Crippen LogP contribution < -0.4 is 14.8 Å². The highest BCUT2D eigenvalue weighted by Crippen LogP contribution is 2.24. The predicted octanol–water partition coefficient (Wildman–Crippen LogP) is 2.17. The van der Waals surface area contributed by atoms with Crippen molar-refractivity contribution in [2.24, 2.45) is 0 Å². The van der Waals surface area contributed by atoms with E-state index in [1.165, 1.54) is 14.2 Å². The monoisotopic (exact) mass is 341 g/mol. The standard InChI is InChI=1S/C17H19N5O3/c1-9-11(16(24-3)22-17(18-9)25-4)8-14(23)21-13-7-5-6-12-15(13)20-10(2)19-12/h5-7H,8H2,1-4H3,(H,19,20)(H,21,23). The van der Waals surface area contributed by atoms with Crippen LogP contribution in [0, 0.1) is 13.8 Å². The maximum atomic E-state index is 12.5. The third-order valence-electron chi connectivity index (χ3n) is 3.77. The molecule has 8 heteroatoms. The minimum atomic E-state index is -0.205. The van der Waals surface area contributed by atoms with E-state index in [4.69, 9.17) is 9.47 Å². The molecule has 3 rings (SSSR count). The summed E-state index contributed by atoms with van der Waals surface area (Å²) in [7, 11) is 2.98. The molecule has 0 aliphatic rings. The van der Waals surface area contributed by atoms with Gasteiger partial charge in [0.15, 0.2) is 0 Å². The van der Waals surface area contributed by atoms with E-state index in [0.29, 0.717) is 22.8 Å². The summed E-state index contributed by atoms with van der Waals surface area (Å²) in [4.78, 5) is 28.4. The van der Waals surface area contributed by atoms with Crippen LogP contribution in [0.1, 0.15) is 17.1 Å². The first kappa shape index (κ1) is 16.7. The number of nitrogens with zero attached hydrogens (tertiary/aromatic N) is 3. The maximum absolute atomic E-state index is 12.5. The van der Waals surface area contributed by atoms with Crippen molar-refractivity contribution < 1.29 is 14.3 Å². The number of carbonyl (C=O) groups is 1. The molecule has 8 nitrogen and oxygen atoms in total. The van der Waals surface area contributed by atoms with Gasteiger partial charge >= 0.3 is 6.01 Å². The molecule has 0 radical (unpaired) electrons. The quantitative estimate of drug-likeness (QED) is 0.737. The Labute approximate surface area is 144 Å². The maximum Gasteiger partial charge on any atom is 0.319 e. The summed E-state index contributed by atoms with van der Waals surface area (Å²) in [5, 5.41) is 2.89. The Morgan fingerprint density at radius 2 is 1.96 bits per heavy atom. The lowest BCUT2D eigenvalue weighted by Crippen LogP contribution is -2.17. The van der Waals surface area contributed by atoms with Gasteiger partial charge in [0.2, 0.25) is 11.8 Å². The summed E-state index contributed by atoms with van der Waals surface area (Å²) in [6.07, 6.45) is 0.0821. The Morgan fingerprint density at radius 3 is 2.68 bits per heavy atom. The van der Waals surface area contributed by atoms with E-state index in [2.05, 4.69) is 25.3 Å². The number of para-hydroxylation sites is 1. The van der Waals surface area contributed by atoms with E-state index < -0.39 is 0 Å². The molecule has 0 aliphatic heterocycles. The van der Waals surface area contributed by atoms with Gasteiger partial charge in [-0.1, -0.05) is 6.07 Å². The molecule has 2 aromatic heterocycles. The SMILES string of the molecule is COc1nc(C)c(CC(=O)Nc2cccc3[nH]c(C)nc23)c(OC)n1. The number of ether oxygens (including phenoxy) is 2. The second-order valence-electron chi connectivity index (χ2n) is 5.53. The second-order valence-corrected chi connectivity index (χ2v) is 5.53. The first-order valence-corrected chi connectivity index (χ1v) is 7.72. The summed E-state index contributed by atoms with van der Waals surface area (Å²) in [5.41, 5.74) is 3.50. The van der Waals surface area contributed by atoms with Crippen LogP contribution in [0.25, 0.3) is 11.0 Å². The van der Waals surface area contributed by atoms with E-state index in [-0.39, 0.29) is 18.3 Å². The molecule has 1 amide bonds. The molecule has 1 aromatic carbocycles. The fourth-order valence-electron chi connectivity index (χ4n) is 2.62. The summed E-state index contributed by atoms with van der Waals surface area (Å²) in [6, 6.07) is 5.79. The molecule has 0 fully saturated rings. The number of aromatic amines is 1. The van der Waals surface area contributed by atoms with Gasteiger partial charge in [0.1, 0.15) is 11.3 Å². The van der Waals surface area contributed by atoms with Crippen LogP contribution in [0.2, 0.25) is 0 Å². The molecule has 0 saturated heterocycles. The lowest BCUT2D eigenvalue weighted by atomic mass is 10.1. The third kappa shape index (κ3) is 3.37. The molecule has 0 saturated carbocycles. The van der Waals surface area contributed by atoms with Gasteiger partial charge in [-0.2, -0.15) is 4.98 Å². The van der Waals surface area contributed by atoms with E-state index in [0.717, 1.165) is 16.9 Å². The van der Waals surface area contributed by atoms with Crippen LogP contribution in [0.15, 0.2) is 18.2 Å². The largest absolute Gasteiger partial charge is 0.481 e. The molecule has 130 valence electrons. The highest BCUT2D eigenvalue weighted by atomic mass is 16.5. The number of hydrogen-bond donors (Lipinski definition) is 2. The molecule has 0 aliphatic carbocycles. The van der Waals surface area contributed by atoms with Gasteiger partial charge in [-0.25, -0.2) is 9.97 Å². The van der Waals surface area contributed by atoms with Crippen molar-refractivity contribution in [3.63, 3.8) is 0 Å². The number of aromatic nitrogens is 4. The van der Waals surface area contributed by atoms with Crippen LogP contribution in [-0.4, -0.2) is 40.1 Å². The number of amides is 1. The minimum absolute atomic E-state index is 0.0821. The highest BCUT2D eigenvalue weighted by Gasteiger charge is 2.17. The van der Waals surface area contributed by atoms with Crippen molar-refractivity contribution in [1.29, 1.82) is 0 Å². The number of rotatable bonds is 5. The van der Waals surface area contributed by atoms with Crippen molar-refractivity contribution in [2.45, 2.75) is 20.3 Å². The number of H-pyrrole nitrogens is 1. The highest BCUT2D eigenvalue weighted by molar-refractivity contribution is 6.00. The molecule has 0 bridgehead atoms. The zero-order valence-electron chi connectivity index (χ0n) is 14.5. The molecule has 2 heterocycles. The normalized spacial score (nSPS) is 10.7. The van der Waals surface area contributed by atoms with Crippen LogP contribution in [0.4, 0.5) is 5.69 Å². The van der Waals surface area contributed by atoms with Gasteiger partial charge in [0, 0.05) is 5.56 Å². The number of aryl methyl sites for hydroxylation is 2. The second kappa shape index (κ2) is 6.76. The predicted molar refractivity (Wildman–Crippen MR) is 93.0 cm³/mol. The molecule has 2 N–H and O–H groups in total. The number of carbonyl (C=O) groups excluding carboxylic acids is 1. The summed E-state index contributed by atoms with van der Waals surface area (Å²) in [5.74, 6) is 0.911. The Bertz CT molecular complexity index is 935. The number of anilines is 1. The zero-order valence-corrected chi connectivity index (χ0v) is 14.5. The molecule has 0 atom stereocenters. The topological polar surface area (TPSA) is 102 Å². The first-order chi connectivity index (χ1) is 12.0. The molecule has 3 aromatic rings. The molecular formula is C17H19N5O3. The summed E-state index contributed by atoms with van der Waals surface area (Å²) in [6.45, 7) is 3.65. The Kier molecular flexibility index (Phi) is 4.51. The number of benzene rings is 1. The first-order valence-electron chi connectivity index (χ1n) is 7.72. The van der Waals surface area contributed by atoms with Gasteiger partial charge in [-0.15, -0.1) is 0 Å². The van der Waals surface area contributed by atoms with Crippen molar-refractivity contribution in [1.82, 2.24) is 19.9 Å². The van der Waals surface area contributed by atoms with Crippen LogP contribution in [0.5, 0.6) is 11.9 Å². The smallest absolute Gasteiger partial charge is 0.319 e.